The molecule has 3 heterocycles. The molecule has 0 aliphatic carbocycles. The van der Waals surface area contributed by atoms with E-state index >= 15 is 0 Å². The molecular weight excluding hydrogens is 276 g/mol. The third-order valence-corrected chi connectivity index (χ3v) is 4.94. The number of carbonyl (C=O) groups excluding carboxylic acids is 1. The predicted octanol–water partition coefficient (Wildman–Crippen LogP) is 2.12. The molecular formula is C17H24N4O. The molecule has 0 bridgehead atoms. The van der Waals surface area contributed by atoms with Gasteiger partial charge in [-0.05, 0) is 37.2 Å². The van der Waals surface area contributed by atoms with Crippen molar-refractivity contribution < 1.29 is 4.79 Å². The van der Waals surface area contributed by atoms with E-state index in [2.05, 4.69) is 21.4 Å². The van der Waals surface area contributed by atoms with Gasteiger partial charge in [0.1, 0.15) is 0 Å². The van der Waals surface area contributed by atoms with E-state index in [9.17, 15) is 4.79 Å². The average molecular weight is 300 g/mol. The van der Waals surface area contributed by atoms with E-state index in [-0.39, 0.29) is 5.91 Å². The molecule has 0 saturated carbocycles. The van der Waals surface area contributed by atoms with Crippen LogP contribution in [0.4, 0.5) is 5.95 Å². The van der Waals surface area contributed by atoms with Crippen LogP contribution in [0.25, 0.3) is 0 Å². The van der Waals surface area contributed by atoms with Crippen LogP contribution < -0.4 is 4.90 Å². The van der Waals surface area contributed by atoms with E-state index in [1.165, 1.54) is 12.8 Å². The van der Waals surface area contributed by atoms with Gasteiger partial charge >= 0.3 is 0 Å². The lowest BCUT2D eigenvalue weighted by Gasteiger charge is -2.34. The first-order valence-electron chi connectivity index (χ1n) is 8.18. The van der Waals surface area contributed by atoms with Crippen LogP contribution in [0.15, 0.2) is 31.1 Å². The highest BCUT2D eigenvalue weighted by Crippen LogP contribution is 2.32. The first-order valence-corrected chi connectivity index (χ1v) is 8.18. The molecule has 0 unspecified atom stereocenters. The predicted molar refractivity (Wildman–Crippen MR) is 86.5 cm³/mol. The molecule has 0 spiro atoms. The minimum atomic E-state index is 0.229. The smallest absolute Gasteiger partial charge is 0.226 e. The van der Waals surface area contributed by atoms with E-state index in [0.717, 1.165) is 44.5 Å². The Bertz CT molecular complexity index is 511. The van der Waals surface area contributed by atoms with Gasteiger partial charge in [-0.3, -0.25) is 4.79 Å². The molecule has 0 aromatic carbocycles. The van der Waals surface area contributed by atoms with Crippen molar-refractivity contribution in [2.75, 3.05) is 31.1 Å². The van der Waals surface area contributed by atoms with Crippen LogP contribution in [-0.2, 0) is 4.79 Å². The van der Waals surface area contributed by atoms with Crippen molar-refractivity contribution in [3.05, 3.63) is 31.1 Å². The summed E-state index contributed by atoms with van der Waals surface area (Å²) in [5, 5.41) is 0. The van der Waals surface area contributed by atoms with Crippen molar-refractivity contribution in [3.8, 4) is 0 Å². The van der Waals surface area contributed by atoms with Crippen LogP contribution >= 0.6 is 0 Å². The van der Waals surface area contributed by atoms with Gasteiger partial charge in [0.25, 0.3) is 0 Å². The van der Waals surface area contributed by atoms with Gasteiger partial charge in [0.05, 0.1) is 0 Å². The number of piperidine rings is 1. The number of nitrogens with zero attached hydrogens (tertiary/aromatic N) is 4. The summed E-state index contributed by atoms with van der Waals surface area (Å²) >= 11 is 0. The number of hydrogen-bond acceptors (Lipinski definition) is 4. The normalized spacial score (nSPS) is 22.8. The summed E-state index contributed by atoms with van der Waals surface area (Å²) < 4.78 is 0. The summed E-state index contributed by atoms with van der Waals surface area (Å²) in [6.07, 6.45) is 9.27. The molecule has 1 amide bonds. The molecule has 5 nitrogen and oxygen atoms in total. The number of likely N-dealkylation sites (tertiary alicyclic amines) is 1. The van der Waals surface area contributed by atoms with Crippen molar-refractivity contribution in [3.63, 3.8) is 0 Å². The summed E-state index contributed by atoms with van der Waals surface area (Å²) in [5.41, 5.74) is 0. The maximum atomic E-state index is 11.9. The van der Waals surface area contributed by atoms with Gasteiger partial charge in [-0.15, -0.1) is 6.58 Å². The van der Waals surface area contributed by atoms with E-state index in [1.54, 1.807) is 18.5 Å². The molecule has 2 fully saturated rings. The van der Waals surface area contributed by atoms with Gasteiger partial charge in [-0.1, -0.05) is 6.08 Å². The summed E-state index contributed by atoms with van der Waals surface area (Å²) in [7, 11) is 0. The monoisotopic (exact) mass is 300 g/mol. The molecule has 0 radical (unpaired) electrons. The van der Waals surface area contributed by atoms with Crippen molar-refractivity contribution >= 4 is 11.9 Å². The van der Waals surface area contributed by atoms with Gasteiger partial charge in [0, 0.05) is 45.0 Å². The van der Waals surface area contributed by atoms with Gasteiger partial charge in [0.2, 0.25) is 11.9 Å². The molecule has 1 aromatic heterocycles. The number of hydrogen-bond donors (Lipinski definition) is 0. The largest absolute Gasteiger partial charge is 0.342 e. The lowest BCUT2D eigenvalue weighted by Crippen LogP contribution is -2.38. The Kier molecular flexibility index (Phi) is 4.71. The third kappa shape index (κ3) is 3.29. The first-order chi connectivity index (χ1) is 10.8. The second kappa shape index (κ2) is 6.90. The molecule has 2 aliphatic rings. The van der Waals surface area contributed by atoms with Crippen LogP contribution in [0.5, 0.6) is 0 Å². The molecule has 2 saturated heterocycles. The van der Waals surface area contributed by atoms with E-state index in [0.29, 0.717) is 12.3 Å². The van der Waals surface area contributed by atoms with Gasteiger partial charge in [-0.25, -0.2) is 9.97 Å². The number of aromatic nitrogens is 2. The summed E-state index contributed by atoms with van der Waals surface area (Å²) in [4.78, 5) is 24.9. The number of amides is 1. The van der Waals surface area contributed by atoms with E-state index in [1.807, 2.05) is 11.0 Å². The third-order valence-electron chi connectivity index (χ3n) is 4.94. The summed E-state index contributed by atoms with van der Waals surface area (Å²) in [6.45, 7) is 7.54. The first kappa shape index (κ1) is 15.0. The van der Waals surface area contributed by atoms with Crippen LogP contribution in [0.2, 0.25) is 0 Å². The Morgan fingerprint density at radius 3 is 2.55 bits per heavy atom. The lowest BCUT2D eigenvalue weighted by atomic mass is 9.84. The molecule has 3 rings (SSSR count). The highest BCUT2D eigenvalue weighted by atomic mass is 16.2. The molecule has 1 atom stereocenters. The topological polar surface area (TPSA) is 49.3 Å². The number of rotatable bonds is 4. The molecule has 5 heteroatoms. The van der Waals surface area contributed by atoms with Crippen LogP contribution in [0, 0.1) is 11.8 Å². The molecule has 2 aliphatic heterocycles. The Morgan fingerprint density at radius 1 is 1.18 bits per heavy atom. The fourth-order valence-corrected chi connectivity index (χ4v) is 3.68. The minimum absolute atomic E-state index is 0.229. The molecule has 22 heavy (non-hydrogen) atoms. The standard InChI is InChI=1S/C17H24N4O/c1-2-4-16(22)21-12-7-15(13-21)14-5-10-20(11-6-14)17-18-8-3-9-19-17/h2-3,8-9,14-15H,1,4-7,10-13H2/t15-/m0/s1. The van der Waals surface area contributed by atoms with Gasteiger partial charge in [0.15, 0.2) is 0 Å². The zero-order chi connectivity index (χ0) is 15.4. The molecule has 118 valence electrons. The van der Waals surface area contributed by atoms with Gasteiger partial charge in [-0.2, -0.15) is 0 Å². The highest BCUT2D eigenvalue weighted by Gasteiger charge is 2.33. The van der Waals surface area contributed by atoms with Crippen molar-refractivity contribution in [2.24, 2.45) is 11.8 Å². The second-order valence-corrected chi connectivity index (χ2v) is 6.25. The van der Waals surface area contributed by atoms with Crippen LogP contribution in [-0.4, -0.2) is 47.0 Å². The highest BCUT2D eigenvalue weighted by molar-refractivity contribution is 5.77. The fraction of sp³-hybridized carbons (Fsp3) is 0.588. The van der Waals surface area contributed by atoms with Crippen LogP contribution in [0.1, 0.15) is 25.7 Å². The summed E-state index contributed by atoms with van der Waals surface area (Å²) in [5.74, 6) is 2.46. The average Bonchev–Trinajstić information content (AvgIpc) is 3.06. The van der Waals surface area contributed by atoms with Gasteiger partial charge < -0.3 is 9.80 Å². The molecule has 1 aromatic rings. The van der Waals surface area contributed by atoms with Crippen molar-refractivity contribution in [1.29, 1.82) is 0 Å². The number of carbonyl (C=O) groups is 1. The SMILES string of the molecule is C=CCC(=O)N1CC[C@H](C2CCN(c3ncccn3)CC2)C1. The zero-order valence-electron chi connectivity index (χ0n) is 13.0. The Morgan fingerprint density at radius 2 is 1.86 bits per heavy atom. The fourth-order valence-electron chi connectivity index (χ4n) is 3.68. The van der Waals surface area contributed by atoms with E-state index < -0.39 is 0 Å². The lowest BCUT2D eigenvalue weighted by molar-refractivity contribution is -0.129. The quantitative estimate of drug-likeness (QED) is 0.799. The van der Waals surface area contributed by atoms with Crippen molar-refractivity contribution in [1.82, 2.24) is 14.9 Å². The Hall–Kier alpha value is -1.91. The Labute approximate surface area is 132 Å². The minimum Gasteiger partial charge on any atom is -0.342 e. The maximum absolute atomic E-state index is 11.9. The van der Waals surface area contributed by atoms with E-state index in [4.69, 9.17) is 0 Å². The number of anilines is 1. The molecule has 0 N–H and O–H groups in total. The maximum Gasteiger partial charge on any atom is 0.226 e. The second-order valence-electron chi connectivity index (χ2n) is 6.25. The Balaban J connectivity index is 1.50. The summed E-state index contributed by atoms with van der Waals surface area (Å²) in [6, 6.07) is 1.85. The van der Waals surface area contributed by atoms with Crippen molar-refractivity contribution in [2.45, 2.75) is 25.7 Å². The van der Waals surface area contributed by atoms with Crippen LogP contribution in [0.3, 0.4) is 0 Å². The zero-order valence-corrected chi connectivity index (χ0v) is 13.0.